The van der Waals surface area contributed by atoms with Gasteiger partial charge in [0.2, 0.25) is 0 Å². The van der Waals surface area contributed by atoms with E-state index >= 15 is 0 Å². The van der Waals surface area contributed by atoms with E-state index in [0.717, 1.165) is 69.3 Å². The Morgan fingerprint density at radius 1 is 0.735 bits per heavy atom. The van der Waals surface area contributed by atoms with E-state index in [-0.39, 0.29) is 22.8 Å². The third-order valence-electron chi connectivity index (χ3n) is 9.92. The molecule has 0 heterocycles. The van der Waals surface area contributed by atoms with Crippen LogP contribution in [0.4, 0.5) is 0 Å². The summed E-state index contributed by atoms with van der Waals surface area (Å²) in [6.07, 6.45) is 15.5. The second-order valence-corrected chi connectivity index (χ2v) is 13.3. The third-order valence-corrected chi connectivity index (χ3v) is 11.1. The first kappa shape index (κ1) is 28.2. The summed E-state index contributed by atoms with van der Waals surface area (Å²) in [6.45, 7) is 8.86. The number of ether oxygens (including phenoxy) is 2. The van der Waals surface area contributed by atoms with Gasteiger partial charge in [-0.3, -0.25) is 9.59 Å². The lowest BCUT2D eigenvalue weighted by Gasteiger charge is -2.70. The van der Waals surface area contributed by atoms with Gasteiger partial charge in [0.05, 0.1) is 12.8 Å². The number of thioether (sulfide) groups is 2. The van der Waals surface area contributed by atoms with Crippen molar-refractivity contribution < 1.29 is 19.1 Å². The zero-order chi connectivity index (χ0) is 25.0. The molecule has 0 spiro atoms. The maximum absolute atomic E-state index is 13.0. The fourth-order valence-electron chi connectivity index (χ4n) is 8.74. The Kier molecular flexibility index (Phi) is 9.42. The Morgan fingerprint density at radius 2 is 1.09 bits per heavy atom. The zero-order valence-corrected chi connectivity index (χ0v) is 24.1. The molecule has 4 rings (SSSR count). The van der Waals surface area contributed by atoms with Crippen LogP contribution in [0.2, 0.25) is 0 Å². The molecule has 4 aliphatic carbocycles. The van der Waals surface area contributed by atoms with Crippen molar-refractivity contribution in [1.29, 1.82) is 0 Å². The molecule has 4 nitrogen and oxygen atoms in total. The minimum atomic E-state index is -0.415. The van der Waals surface area contributed by atoms with Crippen molar-refractivity contribution in [3.8, 4) is 0 Å². The highest BCUT2D eigenvalue weighted by Crippen LogP contribution is 2.73. The van der Waals surface area contributed by atoms with Crippen LogP contribution in [0.15, 0.2) is 0 Å². The normalized spacial score (nSPS) is 30.4. The molecule has 4 bridgehead atoms. The summed E-state index contributed by atoms with van der Waals surface area (Å²) in [6, 6.07) is 0. The van der Waals surface area contributed by atoms with Crippen molar-refractivity contribution >= 4 is 35.5 Å². The fourth-order valence-corrected chi connectivity index (χ4v) is 9.48. The van der Waals surface area contributed by atoms with Gasteiger partial charge in [-0.15, -0.1) is 0 Å². The number of rotatable bonds is 14. The van der Waals surface area contributed by atoms with E-state index in [1.54, 1.807) is 23.5 Å². The standard InChI is InChI=1S/C28H48O4S2/c1-7-27(8-2,31-23(29)11-13-33-5)25-16-21-15-22(17-25)19-26(18-21,20-25)28(9-3,10-4)32-24(30)12-14-34-6/h21-22H,7-20H2,1-6H3. The molecule has 6 heteroatoms. The summed E-state index contributed by atoms with van der Waals surface area (Å²) in [7, 11) is 0. The molecule has 0 atom stereocenters. The molecule has 0 amide bonds. The summed E-state index contributed by atoms with van der Waals surface area (Å²) in [5, 5.41) is 0. The van der Waals surface area contributed by atoms with Crippen LogP contribution in [-0.2, 0) is 19.1 Å². The van der Waals surface area contributed by atoms with Crippen molar-refractivity contribution in [1.82, 2.24) is 0 Å². The smallest absolute Gasteiger partial charge is 0.307 e. The molecule has 4 fully saturated rings. The van der Waals surface area contributed by atoms with Gasteiger partial charge in [-0.25, -0.2) is 0 Å². The van der Waals surface area contributed by atoms with E-state index in [9.17, 15) is 9.59 Å². The summed E-state index contributed by atoms with van der Waals surface area (Å²) >= 11 is 3.40. The topological polar surface area (TPSA) is 52.6 Å². The van der Waals surface area contributed by atoms with Gasteiger partial charge in [-0.05, 0) is 88.6 Å². The van der Waals surface area contributed by atoms with Crippen LogP contribution in [0.5, 0.6) is 0 Å². The highest BCUT2D eigenvalue weighted by molar-refractivity contribution is 7.98. The van der Waals surface area contributed by atoms with Crippen LogP contribution in [0.3, 0.4) is 0 Å². The van der Waals surface area contributed by atoms with Gasteiger partial charge in [0.1, 0.15) is 11.2 Å². The first-order valence-corrected chi connectivity index (χ1v) is 16.4. The minimum Gasteiger partial charge on any atom is -0.458 e. The maximum atomic E-state index is 13.0. The highest BCUT2D eigenvalue weighted by Gasteiger charge is 2.69. The average molecular weight is 513 g/mol. The minimum absolute atomic E-state index is 0.00311. The monoisotopic (exact) mass is 512 g/mol. The van der Waals surface area contributed by atoms with Crippen LogP contribution < -0.4 is 0 Å². The van der Waals surface area contributed by atoms with Gasteiger partial charge in [-0.1, -0.05) is 27.7 Å². The first-order valence-electron chi connectivity index (χ1n) is 13.6. The molecule has 196 valence electrons. The van der Waals surface area contributed by atoms with Gasteiger partial charge in [-0.2, -0.15) is 23.5 Å². The molecular formula is C28H48O4S2. The molecule has 0 aromatic rings. The lowest BCUT2D eigenvalue weighted by molar-refractivity contribution is -0.266. The lowest BCUT2D eigenvalue weighted by atomic mass is 9.37. The van der Waals surface area contributed by atoms with E-state index in [1.807, 2.05) is 12.5 Å². The Hall–Kier alpha value is -0.360. The number of carbonyl (C=O) groups is 2. The van der Waals surface area contributed by atoms with E-state index in [0.29, 0.717) is 24.7 Å². The van der Waals surface area contributed by atoms with E-state index in [4.69, 9.17) is 9.47 Å². The van der Waals surface area contributed by atoms with Crippen LogP contribution in [0, 0.1) is 22.7 Å². The second-order valence-electron chi connectivity index (χ2n) is 11.4. The average Bonchev–Trinajstić information content (AvgIpc) is 2.82. The predicted molar refractivity (Wildman–Crippen MR) is 144 cm³/mol. The third kappa shape index (κ3) is 4.93. The Balaban J connectivity index is 1.98. The van der Waals surface area contributed by atoms with E-state index in [1.165, 1.54) is 6.42 Å². The highest BCUT2D eigenvalue weighted by atomic mass is 32.2. The van der Waals surface area contributed by atoms with Crippen molar-refractivity contribution in [3.05, 3.63) is 0 Å². The molecular weight excluding hydrogens is 464 g/mol. The number of hydrogen-bond acceptors (Lipinski definition) is 6. The van der Waals surface area contributed by atoms with Crippen LogP contribution in [0.1, 0.15) is 105 Å². The van der Waals surface area contributed by atoms with Gasteiger partial charge < -0.3 is 9.47 Å². The molecule has 0 aromatic carbocycles. The quantitative estimate of drug-likeness (QED) is 0.228. The molecule has 4 aliphatic rings. The van der Waals surface area contributed by atoms with Crippen molar-refractivity contribution in [2.75, 3.05) is 24.0 Å². The summed E-state index contributed by atoms with van der Waals surface area (Å²) in [5.41, 5.74) is -0.836. The number of esters is 2. The van der Waals surface area contributed by atoms with Crippen molar-refractivity contribution in [3.63, 3.8) is 0 Å². The van der Waals surface area contributed by atoms with Crippen LogP contribution in [-0.4, -0.2) is 47.2 Å². The number of carbonyl (C=O) groups excluding carboxylic acids is 2. The van der Waals surface area contributed by atoms with Gasteiger partial charge in [0.15, 0.2) is 0 Å². The number of hydrogen-bond donors (Lipinski definition) is 0. The van der Waals surface area contributed by atoms with Crippen LogP contribution in [0.25, 0.3) is 0 Å². The molecule has 34 heavy (non-hydrogen) atoms. The Bertz CT molecular complexity index is 643. The zero-order valence-electron chi connectivity index (χ0n) is 22.5. The predicted octanol–water partition coefficient (Wildman–Crippen LogP) is 7.28. The van der Waals surface area contributed by atoms with E-state index < -0.39 is 11.2 Å². The van der Waals surface area contributed by atoms with E-state index in [2.05, 4.69) is 27.7 Å². The Labute approximate surface area is 216 Å². The molecule has 0 aromatic heterocycles. The fraction of sp³-hybridized carbons (Fsp3) is 0.929. The summed E-state index contributed by atoms with van der Waals surface area (Å²) in [5.74, 6) is 2.83. The summed E-state index contributed by atoms with van der Waals surface area (Å²) in [4.78, 5) is 25.9. The maximum Gasteiger partial charge on any atom is 0.307 e. The lowest BCUT2D eigenvalue weighted by Crippen LogP contribution is -2.67. The van der Waals surface area contributed by atoms with Gasteiger partial charge in [0, 0.05) is 22.3 Å². The molecule has 0 radical (unpaired) electrons. The largest absolute Gasteiger partial charge is 0.458 e. The van der Waals surface area contributed by atoms with Gasteiger partial charge >= 0.3 is 11.9 Å². The SMILES string of the molecule is CCC(CC)(OC(=O)CCSC)C12CC3CC(C1)CC(C(CC)(CC)OC(=O)CCSC)(C3)C2. The molecule has 4 saturated carbocycles. The van der Waals surface area contributed by atoms with Crippen molar-refractivity contribution in [2.45, 2.75) is 116 Å². The molecule has 0 aliphatic heterocycles. The molecule has 0 saturated heterocycles. The summed E-state index contributed by atoms with van der Waals surface area (Å²) < 4.78 is 13.0. The van der Waals surface area contributed by atoms with Crippen LogP contribution >= 0.6 is 23.5 Å². The second kappa shape index (κ2) is 11.4. The molecule has 0 unspecified atom stereocenters. The van der Waals surface area contributed by atoms with Gasteiger partial charge in [0.25, 0.3) is 0 Å². The first-order chi connectivity index (χ1) is 16.2. The Morgan fingerprint density at radius 3 is 1.38 bits per heavy atom. The van der Waals surface area contributed by atoms with Crippen molar-refractivity contribution in [2.24, 2.45) is 22.7 Å². The molecule has 0 N–H and O–H groups in total.